The molecular formula is C10H16N4O. The van der Waals surface area contributed by atoms with E-state index in [2.05, 4.69) is 15.0 Å². The Labute approximate surface area is 89.1 Å². The van der Waals surface area contributed by atoms with Gasteiger partial charge in [-0.2, -0.15) is 9.97 Å². The molecule has 2 N–H and O–H groups in total. The van der Waals surface area contributed by atoms with Crippen molar-refractivity contribution in [3.8, 4) is 0 Å². The van der Waals surface area contributed by atoms with Gasteiger partial charge in [-0.25, -0.2) is 4.98 Å². The second-order valence-electron chi connectivity index (χ2n) is 3.88. The van der Waals surface area contributed by atoms with Crippen molar-refractivity contribution in [2.75, 3.05) is 12.8 Å². The smallest absolute Gasteiger partial charge is 0.223 e. The van der Waals surface area contributed by atoms with Crippen LogP contribution >= 0.6 is 0 Å². The van der Waals surface area contributed by atoms with E-state index in [1.54, 1.807) is 7.11 Å². The number of hydrogen-bond acceptors (Lipinski definition) is 5. The van der Waals surface area contributed by atoms with Gasteiger partial charge in [-0.1, -0.05) is 12.8 Å². The van der Waals surface area contributed by atoms with Gasteiger partial charge in [0.25, 0.3) is 0 Å². The molecule has 0 unspecified atom stereocenters. The molecule has 1 heterocycles. The Bertz CT molecular complexity index is 336. The van der Waals surface area contributed by atoms with Gasteiger partial charge in [0.1, 0.15) is 12.4 Å². The summed E-state index contributed by atoms with van der Waals surface area (Å²) in [6, 6.07) is 0. The van der Waals surface area contributed by atoms with E-state index in [0.717, 1.165) is 18.7 Å². The van der Waals surface area contributed by atoms with E-state index in [1.165, 1.54) is 12.8 Å². The van der Waals surface area contributed by atoms with Gasteiger partial charge < -0.3 is 10.5 Å². The third kappa shape index (κ3) is 2.41. The van der Waals surface area contributed by atoms with Crippen LogP contribution in [0, 0.1) is 0 Å². The van der Waals surface area contributed by atoms with Crippen LogP contribution in [0.2, 0.25) is 0 Å². The number of anilines is 1. The van der Waals surface area contributed by atoms with Crippen LogP contribution in [0.5, 0.6) is 0 Å². The lowest BCUT2D eigenvalue weighted by Gasteiger charge is -2.09. The van der Waals surface area contributed by atoms with Crippen molar-refractivity contribution in [1.82, 2.24) is 15.0 Å². The largest absolute Gasteiger partial charge is 0.377 e. The summed E-state index contributed by atoms with van der Waals surface area (Å²) in [4.78, 5) is 12.6. The molecule has 0 atom stereocenters. The summed E-state index contributed by atoms with van der Waals surface area (Å²) in [7, 11) is 1.62. The average Bonchev–Trinajstić information content (AvgIpc) is 2.70. The number of methoxy groups -OCH3 is 1. The van der Waals surface area contributed by atoms with E-state index in [9.17, 15) is 0 Å². The first-order valence-electron chi connectivity index (χ1n) is 5.29. The first-order chi connectivity index (χ1) is 7.29. The van der Waals surface area contributed by atoms with E-state index in [0.29, 0.717) is 24.3 Å². The molecule has 0 saturated heterocycles. The quantitative estimate of drug-likeness (QED) is 0.809. The van der Waals surface area contributed by atoms with E-state index < -0.39 is 0 Å². The number of rotatable bonds is 3. The molecule has 1 aromatic rings. The van der Waals surface area contributed by atoms with Crippen molar-refractivity contribution in [2.24, 2.45) is 0 Å². The predicted octanol–water partition coefficient (Wildman–Crippen LogP) is 1.26. The third-order valence-electron chi connectivity index (χ3n) is 2.71. The number of hydrogen-bond donors (Lipinski definition) is 1. The van der Waals surface area contributed by atoms with Crippen molar-refractivity contribution < 1.29 is 4.74 Å². The number of nitrogens with two attached hydrogens (primary N) is 1. The third-order valence-corrected chi connectivity index (χ3v) is 2.71. The minimum atomic E-state index is 0.305. The highest BCUT2D eigenvalue weighted by Gasteiger charge is 2.20. The van der Waals surface area contributed by atoms with Crippen molar-refractivity contribution in [3.05, 3.63) is 11.6 Å². The van der Waals surface area contributed by atoms with E-state index in [1.807, 2.05) is 0 Å². The molecule has 1 fully saturated rings. The second-order valence-corrected chi connectivity index (χ2v) is 3.88. The van der Waals surface area contributed by atoms with Crippen LogP contribution < -0.4 is 5.73 Å². The topological polar surface area (TPSA) is 73.9 Å². The van der Waals surface area contributed by atoms with Crippen LogP contribution in [0.4, 0.5) is 5.95 Å². The molecule has 5 nitrogen and oxygen atoms in total. The van der Waals surface area contributed by atoms with E-state index in [-0.39, 0.29) is 0 Å². The zero-order valence-electron chi connectivity index (χ0n) is 8.94. The first-order valence-corrected chi connectivity index (χ1v) is 5.29. The van der Waals surface area contributed by atoms with Gasteiger partial charge in [-0.3, -0.25) is 0 Å². The maximum Gasteiger partial charge on any atom is 0.223 e. The van der Waals surface area contributed by atoms with Crippen LogP contribution in [0.1, 0.15) is 43.3 Å². The molecule has 0 bridgehead atoms. The van der Waals surface area contributed by atoms with E-state index >= 15 is 0 Å². The zero-order chi connectivity index (χ0) is 10.7. The highest BCUT2D eigenvalue weighted by atomic mass is 16.5. The summed E-state index contributed by atoms with van der Waals surface area (Å²) >= 11 is 0. The molecule has 0 aromatic carbocycles. The predicted molar refractivity (Wildman–Crippen MR) is 56.2 cm³/mol. The molecule has 15 heavy (non-hydrogen) atoms. The molecule has 0 aliphatic heterocycles. The van der Waals surface area contributed by atoms with Gasteiger partial charge in [0.15, 0.2) is 5.82 Å². The molecule has 0 radical (unpaired) electrons. The summed E-state index contributed by atoms with van der Waals surface area (Å²) in [6.07, 6.45) is 4.84. The van der Waals surface area contributed by atoms with Gasteiger partial charge in [-0.05, 0) is 12.8 Å². The number of aromatic nitrogens is 3. The molecule has 2 rings (SSSR count). The lowest BCUT2D eigenvalue weighted by molar-refractivity contribution is 0.177. The fraction of sp³-hybridized carbons (Fsp3) is 0.700. The molecular weight excluding hydrogens is 192 g/mol. The molecule has 1 aromatic heterocycles. The lowest BCUT2D eigenvalue weighted by atomic mass is 10.1. The molecule has 0 spiro atoms. The Morgan fingerprint density at radius 1 is 1.27 bits per heavy atom. The van der Waals surface area contributed by atoms with Crippen LogP contribution in [0.25, 0.3) is 0 Å². The Hall–Kier alpha value is -1.23. The summed E-state index contributed by atoms with van der Waals surface area (Å²) in [5.74, 6) is 2.24. The first kappa shape index (κ1) is 10.3. The summed E-state index contributed by atoms with van der Waals surface area (Å²) < 4.78 is 4.99. The summed E-state index contributed by atoms with van der Waals surface area (Å²) in [6.45, 7) is 0.395. The van der Waals surface area contributed by atoms with Gasteiger partial charge in [-0.15, -0.1) is 0 Å². The van der Waals surface area contributed by atoms with Crippen molar-refractivity contribution >= 4 is 5.95 Å². The highest BCUT2D eigenvalue weighted by Crippen LogP contribution is 2.32. The fourth-order valence-electron chi connectivity index (χ4n) is 2.02. The Kier molecular flexibility index (Phi) is 3.11. The summed E-state index contributed by atoms with van der Waals surface area (Å²) in [5.41, 5.74) is 5.64. The second kappa shape index (κ2) is 4.53. The highest BCUT2D eigenvalue weighted by molar-refractivity contribution is 5.17. The average molecular weight is 208 g/mol. The number of ether oxygens (including phenoxy) is 1. The monoisotopic (exact) mass is 208 g/mol. The van der Waals surface area contributed by atoms with Crippen LogP contribution in [0.3, 0.4) is 0 Å². The number of nitrogen functional groups attached to an aromatic ring is 1. The minimum Gasteiger partial charge on any atom is -0.377 e. The Balaban J connectivity index is 2.22. The maximum absolute atomic E-state index is 5.64. The minimum absolute atomic E-state index is 0.305. The Morgan fingerprint density at radius 2 is 2.00 bits per heavy atom. The molecule has 0 amide bonds. The van der Waals surface area contributed by atoms with Crippen LogP contribution in [-0.2, 0) is 11.3 Å². The van der Waals surface area contributed by atoms with Gasteiger partial charge in [0.05, 0.1) is 0 Å². The SMILES string of the molecule is COCc1nc(N)nc(C2CCCC2)n1. The molecule has 1 saturated carbocycles. The van der Waals surface area contributed by atoms with Gasteiger partial charge in [0, 0.05) is 13.0 Å². The van der Waals surface area contributed by atoms with Crippen molar-refractivity contribution in [3.63, 3.8) is 0 Å². The fourth-order valence-corrected chi connectivity index (χ4v) is 2.02. The van der Waals surface area contributed by atoms with Crippen molar-refractivity contribution in [1.29, 1.82) is 0 Å². The van der Waals surface area contributed by atoms with Crippen LogP contribution in [0.15, 0.2) is 0 Å². The number of nitrogens with zero attached hydrogens (tertiary/aromatic N) is 3. The lowest BCUT2D eigenvalue weighted by Crippen LogP contribution is -2.10. The maximum atomic E-state index is 5.64. The molecule has 1 aliphatic rings. The van der Waals surface area contributed by atoms with Crippen LogP contribution in [-0.4, -0.2) is 22.1 Å². The molecule has 82 valence electrons. The Morgan fingerprint density at radius 3 is 2.67 bits per heavy atom. The van der Waals surface area contributed by atoms with E-state index in [4.69, 9.17) is 10.5 Å². The van der Waals surface area contributed by atoms with Gasteiger partial charge >= 0.3 is 0 Å². The van der Waals surface area contributed by atoms with Gasteiger partial charge in [0.2, 0.25) is 5.95 Å². The van der Waals surface area contributed by atoms with Crippen molar-refractivity contribution in [2.45, 2.75) is 38.2 Å². The molecule has 5 heteroatoms. The standard InChI is InChI=1S/C10H16N4O/c1-15-6-8-12-9(14-10(11)13-8)7-4-2-3-5-7/h7H,2-6H2,1H3,(H2,11,12,13,14). The normalized spacial score (nSPS) is 17.1. The summed E-state index contributed by atoms with van der Waals surface area (Å²) in [5, 5.41) is 0. The zero-order valence-corrected chi connectivity index (χ0v) is 8.94. The molecule has 1 aliphatic carbocycles.